The number of nitrogen functional groups attached to an aromatic ring is 1. The van der Waals surface area contributed by atoms with Crippen LogP contribution >= 0.6 is 0 Å². The molecule has 2 unspecified atom stereocenters. The molecule has 1 fully saturated rings. The normalized spacial score (nSPS) is 31.0. The van der Waals surface area contributed by atoms with Gasteiger partial charge in [0, 0.05) is 11.7 Å². The summed E-state index contributed by atoms with van der Waals surface area (Å²) in [4.78, 5) is 7.86. The van der Waals surface area contributed by atoms with Crippen LogP contribution in [0.1, 0.15) is 13.2 Å². The second-order valence-corrected chi connectivity index (χ2v) is 5.70. The third kappa shape index (κ3) is 2.29. The Hall–Kier alpha value is -1.76. The van der Waals surface area contributed by atoms with Crippen molar-refractivity contribution in [3.05, 3.63) is 12.5 Å². The minimum absolute atomic E-state index is 0.0359. The quantitative estimate of drug-likeness (QED) is 0.317. The van der Waals surface area contributed by atoms with Crippen LogP contribution in [0, 0.1) is 0 Å². The molecule has 124 valence electrons. The van der Waals surface area contributed by atoms with Gasteiger partial charge in [-0.2, -0.15) is 0 Å². The van der Waals surface area contributed by atoms with Crippen LogP contribution in [0.2, 0.25) is 0 Å². The van der Waals surface area contributed by atoms with Crippen molar-refractivity contribution in [2.75, 3.05) is 12.3 Å². The zero-order valence-corrected chi connectivity index (χ0v) is 12.2. The van der Waals surface area contributed by atoms with Gasteiger partial charge < -0.3 is 40.4 Å². The van der Waals surface area contributed by atoms with E-state index in [1.807, 2.05) is 0 Å². The molecule has 4 atom stereocenters. The van der Waals surface area contributed by atoms with Crippen LogP contribution in [-0.4, -0.2) is 71.4 Å². The summed E-state index contributed by atoms with van der Waals surface area (Å²) in [6.45, 7) is 0.864. The maximum absolute atomic E-state index is 10.5. The average molecular weight is 324 g/mol. The van der Waals surface area contributed by atoms with Crippen molar-refractivity contribution >= 4 is 29.4 Å². The molecule has 10 nitrogen and oxygen atoms in total. The highest BCUT2D eigenvalue weighted by molar-refractivity contribution is 6.62. The van der Waals surface area contributed by atoms with E-state index < -0.39 is 37.8 Å². The number of anilines is 1. The predicted octanol–water partition coefficient (Wildman–Crippen LogP) is -3.31. The van der Waals surface area contributed by atoms with Crippen LogP contribution in [0.15, 0.2) is 12.5 Å². The molecule has 2 aromatic rings. The molecule has 3 heterocycles. The third-order valence-corrected chi connectivity index (χ3v) is 4.13. The van der Waals surface area contributed by atoms with Crippen molar-refractivity contribution in [1.82, 2.24) is 14.5 Å². The van der Waals surface area contributed by atoms with E-state index in [2.05, 4.69) is 9.97 Å². The molecule has 2 aromatic heterocycles. The third-order valence-electron chi connectivity index (χ3n) is 4.13. The molecule has 0 amide bonds. The second kappa shape index (κ2) is 5.41. The maximum atomic E-state index is 10.5. The molecule has 7 N–H and O–H groups in total. The van der Waals surface area contributed by atoms with E-state index >= 15 is 0 Å². The lowest BCUT2D eigenvalue weighted by molar-refractivity contribution is -0.0947. The molecule has 3 rings (SSSR count). The molecule has 0 saturated carbocycles. The average Bonchev–Trinajstić information content (AvgIpc) is 2.97. The molecular formula is C12H17BN4O6. The van der Waals surface area contributed by atoms with Gasteiger partial charge in [0.2, 0.25) is 0 Å². The van der Waals surface area contributed by atoms with Crippen LogP contribution < -0.4 is 11.2 Å². The van der Waals surface area contributed by atoms with Crippen LogP contribution in [0.5, 0.6) is 0 Å². The van der Waals surface area contributed by atoms with Crippen molar-refractivity contribution in [3.8, 4) is 0 Å². The van der Waals surface area contributed by atoms with E-state index in [4.69, 9.17) is 10.5 Å². The SMILES string of the molecule is C[C@@]1(O)C(n2cc(B(O)O)c3c(N)ncnc32)OC(CO)[C@H]1O. The standard InChI is InChI=1S/C12H17BN4O6/c1-12(20)8(19)6(3-18)23-11(12)17-2-5(13(21)22)7-9(14)15-4-16-10(7)17/h2,4,6,8,11,18-22H,3H2,1H3,(H2,14,15,16)/t6?,8-,11?,12+/m1/s1. The Morgan fingerprint density at radius 3 is 2.70 bits per heavy atom. The van der Waals surface area contributed by atoms with E-state index in [1.165, 1.54) is 24.0 Å². The zero-order valence-electron chi connectivity index (χ0n) is 12.2. The summed E-state index contributed by atoms with van der Waals surface area (Å²) in [5.41, 5.74) is 4.28. The maximum Gasteiger partial charge on any atom is 0.490 e. The molecule has 0 aromatic carbocycles. The Bertz CT molecular complexity index is 736. The van der Waals surface area contributed by atoms with Crippen molar-refractivity contribution < 1.29 is 30.1 Å². The summed E-state index contributed by atoms with van der Waals surface area (Å²) in [6.07, 6.45) is -0.943. The van der Waals surface area contributed by atoms with Gasteiger partial charge in [-0.3, -0.25) is 0 Å². The Labute approximate surface area is 130 Å². The van der Waals surface area contributed by atoms with Crippen molar-refractivity contribution in [2.24, 2.45) is 0 Å². The number of hydrogen-bond acceptors (Lipinski definition) is 9. The summed E-state index contributed by atoms with van der Waals surface area (Å²) < 4.78 is 6.85. The first-order valence-corrected chi connectivity index (χ1v) is 6.92. The molecule has 1 aliphatic rings. The van der Waals surface area contributed by atoms with Crippen molar-refractivity contribution in [1.29, 1.82) is 0 Å². The van der Waals surface area contributed by atoms with Gasteiger partial charge >= 0.3 is 7.12 Å². The van der Waals surface area contributed by atoms with Crippen LogP contribution in [0.3, 0.4) is 0 Å². The van der Waals surface area contributed by atoms with Gasteiger partial charge in [0.15, 0.2) is 6.23 Å². The van der Waals surface area contributed by atoms with E-state index in [9.17, 15) is 25.4 Å². The van der Waals surface area contributed by atoms with Crippen molar-refractivity contribution in [2.45, 2.75) is 31.0 Å². The van der Waals surface area contributed by atoms with Crippen LogP contribution in [0.25, 0.3) is 11.0 Å². The minimum Gasteiger partial charge on any atom is -0.423 e. The first-order chi connectivity index (χ1) is 10.8. The fourth-order valence-corrected chi connectivity index (χ4v) is 2.90. The van der Waals surface area contributed by atoms with Crippen LogP contribution in [-0.2, 0) is 4.74 Å². The Morgan fingerprint density at radius 2 is 2.13 bits per heavy atom. The van der Waals surface area contributed by atoms with Gasteiger partial charge in [-0.1, -0.05) is 0 Å². The molecule has 1 saturated heterocycles. The number of hydrogen-bond donors (Lipinski definition) is 6. The Balaban J connectivity index is 2.19. The van der Waals surface area contributed by atoms with Crippen molar-refractivity contribution in [3.63, 3.8) is 0 Å². The van der Waals surface area contributed by atoms with Crippen LogP contribution in [0.4, 0.5) is 5.82 Å². The summed E-state index contributed by atoms with van der Waals surface area (Å²) in [5, 5.41) is 49.1. The topological polar surface area (TPSA) is 167 Å². The summed E-state index contributed by atoms with van der Waals surface area (Å²) >= 11 is 0. The Kier molecular flexibility index (Phi) is 3.79. The van der Waals surface area contributed by atoms with E-state index in [-0.39, 0.29) is 22.3 Å². The predicted molar refractivity (Wildman–Crippen MR) is 79.4 cm³/mol. The van der Waals surface area contributed by atoms with E-state index in [0.29, 0.717) is 0 Å². The largest absolute Gasteiger partial charge is 0.490 e. The fraction of sp³-hybridized carbons (Fsp3) is 0.500. The molecular weight excluding hydrogens is 307 g/mol. The molecule has 0 bridgehead atoms. The molecule has 23 heavy (non-hydrogen) atoms. The van der Waals surface area contributed by atoms with Gasteiger partial charge in [-0.25, -0.2) is 9.97 Å². The van der Waals surface area contributed by atoms with Gasteiger partial charge in [0.25, 0.3) is 0 Å². The molecule has 11 heteroatoms. The van der Waals surface area contributed by atoms with E-state index in [0.717, 1.165) is 0 Å². The second-order valence-electron chi connectivity index (χ2n) is 5.70. The first-order valence-electron chi connectivity index (χ1n) is 6.92. The Morgan fingerprint density at radius 1 is 1.43 bits per heavy atom. The number of aliphatic hydroxyl groups excluding tert-OH is 2. The number of nitrogens with zero attached hydrogens (tertiary/aromatic N) is 3. The lowest BCUT2D eigenvalue weighted by Crippen LogP contribution is -2.44. The molecule has 1 aliphatic heterocycles. The summed E-state index contributed by atoms with van der Waals surface area (Å²) in [6, 6.07) is 0. The highest BCUT2D eigenvalue weighted by Gasteiger charge is 2.53. The lowest BCUT2D eigenvalue weighted by atomic mass is 9.80. The summed E-state index contributed by atoms with van der Waals surface area (Å²) in [7, 11) is -1.84. The zero-order chi connectivity index (χ0) is 16.9. The van der Waals surface area contributed by atoms with Gasteiger partial charge in [0.1, 0.15) is 35.6 Å². The van der Waals surface area contributed by atoms with Gasteiger partial charge in [0.05, 0.1) is 12.0 Å². The smallest absolute Gasteiger partial charge is 0.423 e. The summed E-state index contributed by atoms with van der Waals surface area (Å²) in [5.74, 6) is 0.0359. The highest BCUT2D eigenvalue weighted by Crippen LogP contribution is 2.39. The number of aliphatic hydroxyl groups is 3. The number of fused-ring (bicyclic) bond motifs is 1. The van der Waals surface area contributed by atoms with Gasteiger partial charge in [-0.05, 0) is 6.92 Å². The number of rotatable bonds is 3. The highest BCUT2D eigenvalue weighted by atomic mass is 16.6. The first kappa shape index (κ1) is 16.1. The molecule has 0 spiro atoms. The minimum atomic E-state index is -1.84. The molecule has 0 radical (unpaired) electrons. The lowest BCUT2D eigenvalue weighted by Gasteiger charge is -2.27. The fourth-order valence-electron chi connectivity index (χ4n) is 2.90. The molecule has 0 aliphatic carbocycles. The van der Waals surface area contributed by atoms with E-state index in [1.54, 1.807) is 0 Å². The number of ether oxygens (including phenoxy) is 1. The number of aromatic nitrogens is 3. The monoisotopic (exact) mass is 324 g/mol. The van der Waals surface area contributed by atoms with Gasteiger partial charge in [-0.15, -0.1) is 0 Å². The number of nitrogens with two attached hydrogens (primary N) is 1.